The quantitative estimate of drug-likeness (QED) is 0.552. The van der Waals surface area contributed by atoms with Gasteiger partial charge in [0.25, 0.3) is 0 Å². The van der Waals surface area contributed by atoms with Gasteiger partial charge in [0.05, 0.1) is 5.69 Å². The molecule has 1 nitrogen and oxygen atoms in total. The highest BCUT2D eigenvalue weighted by atomic mass is 15.0. The van der Waals surface area contributed by atoms with Crippen molar-refractivity contribution in [2.75, 3.05) is 0 Å². The molecule has 0 aliphatic heterocycles. The molecule has 0 amide bonds. The number of para-hydroxylation sites is 1. The summed E-state index contributed by atoms with van der Waals surface area (Å²) in [5, 5.41) is 1.34. The molecule has 2 aromatic carbocycles. The van der Waals surface area contributed by atoms with Gasteiger partial charge in [-0.3, -0.25) is 0 Å². The highest BCUT2D eigenvalue weighted by Crippen LogP contribution is 2.37. The number of fused-ring (bicyclic) bond motifs is 5. The summed E-state index contributed by atoms with van der Waals surface area (Å²) in [6.45, 7) is 0. The molecule has 0 saturated carbocycles. The van der Waals surface area contributed by atoms with Crippen molar-refractivity contribution >= 4 is 17.0 Å². The molecular weight excluding hydrogens is 230 g/mol. The fourth-order valence-corrected chi connectivity index (χ4v) is 3.15. The predicted octanol–water partition coefficient (Wildman–Crippen LogP) is 4.41. The van der Waals surface area contributed by atoms with Gasteiger partial charge in [0.15, 0.2) is 0 Å². The van der Waals surface area contributed by atoms with Crippen LogP contribution in [0.5, 0.6) is 0 Å². The van der Waals surface area contributed by atoms with Gasteiger partial charge in [-0.15, -0.1) is 0 Å². The van der Waals surface area contributed by atoms with Gasteiger partial charge in [0, 0.05) is 29.1 Å². The van der Waals surface area contributed by atoms with E-state index in [1.165, 1.54) is 33.3 Å². The molecule has 1 heterocycles. The van der Waals surface area contributed by atoms with Crippen LogP contribution < -0.4 is 0 Å². The Morgan fingerprint density at radius 1 is 0.947 bits per heavy atom. The lowest BCUT2D eigenvalue weighted by atomic mass is 10.0. The molecule has 0 bridgehead atoms. The molecule has 0 spiro atoms. The van der Waals surface area contributed by atoms with Crippen LogP contribution in [0.15, 0.2) is 54.6 Å². The van der Waals surface area contributed by atoms with Crippen molar-refractivity contribution in [3.8, 4) is 11.3 Å². The Morgan fingerprint density at radius 2 is 1.74 bits per heavy atom. The molecule has 0 N–H and O–H groups in total. The Bertz CT molecular complexity index is 806. The Balaban J connectivity index is 2.20. The van der Waals surface area contributed by atoms with Crippen molar-refractivity contribution in [3.63, 3.8) is 0 Å². The van der Waals surface area contributed by atoms with Gasteiger partial charge >= 0.3 is 0 Å². The standard InChI is InChI=1S/C18H15N/c1-19-17-12-5-4-10-15(17)16-11-6-8-13-7-2-3-9-14(13)18(16)19/h2-7,9-12H,8H2,1H3. The van der Waals surface area contributed by atoms with Crippen molar-refractivity contribution < 1.29 is 0 Å². The fraction of sp³-hybridized carbons (Fsp3) is 0.111. The third kappa shape index (κ3) is 1.42. The van der Waals surface area contributed by atoms with Crippen LogP contribution in [0.1, 0.15) is 11.1 Å². The smallest absolute Gasteiger partial charge is 0.0565 e. The summed E-state index contributed by atoms with van der Waals surface area (Å²) in [7, 11) is 2.16. The summed E-state index contributed by atoms with van der Waals surface area (Å²) >= 11 is 0. The first-order valence-corrected chi connectivity index (χ1v) is 6.68. The third-order valence-corrected chi connectivity index (χ3v) is 4.04. The molecule has 0 atom stereocenters. The molecule has 92 valence electrons. The fourth-order valence-electron chi connectivity index (χ4n) is 3.15. The van der Waals surface area contributed by atoms with Crippen LogP contribution >= 0.6 is 0 Å². The Labute approximate surface area is 112 Å². The minimum Gasteiger partial charge on any atom is -0.343 e. The molecule has 4 rings (SSSR count). The maximum atomic E-state index is 2.32. The molecule has 0 fully saturated rings. The van der Waals surface area contributed by atoms with E-state index in [4.69, 9.17) is 0 Å². The minimum absolute atomic E-state index is 1.01. The maximum Gasteiger partial charge on any atom is 0.0565 e. The molecule has 1 aromatic heterocycles. The topological polar surface area (TPSA) is 4.93 Å². The van der Waals surface area contributed by atoms with Gasteiger partial charge in [-0.1, -0.05) is 54.6 Å². The third-order valence-electron chi connectivity index (χ3n) is 4.04. The zero-order valence-electron chi connectivity index (χ0n) is 10.9. The predicted molar refractivity (Wildman–Crippen MR) is 81.1 cm³/mol. The summed E-state index contributed by atoms with van der Waals surface area (Å²) in [5.74, 6) is 0. The zero-order chi connectivity index (χ0) is 12.8. The average molecular weight is 245 g/mol. The lowest BCUT2D eigenvalue weighted by Gasteiger charge is -2.09. The molecule has 1 aliphatic rings. The molecule has 3 aromatic rings. The van der Waals surface area contributed by atoms with Gasteiger partial charge in [-0.2, -0.15) is 0 Å². The molecule has 0 unspecified atom stereocenters. The summed E-state index contributed by atoms with van der Waals surface area (Å²) < 4.78 is 2.32. The number of aryl methyl sites for hydroxylation is 1. The van der Waals surface area contributed by atoms with E-state index in [0.717, 1.165) is 6.42 Å². The zero-order valence-corrected chi connectivity index (χ0v) is 10.9. The van der Waals surface area contributed by atoms with Crippen LogP contribution in [0.25, 0.3) is 28.2 Å². The van der Waals surface area contributed by atoms with Crippen molar-refractivity contribution in [1.29, 1.82) is 0 Å². The molecule has 19 heavy (non-hydrogen) atoms. The van der Waals surface area contributed by atoms with Crippen molar-refractivity contribution in [2.24, 2.45) is 7.05 Å². The Morgan fingerprint density at radius 3 is 2.68 bits per heavy atom. The van der Waals surface area contributed by atoms with E-state index in [2.05, 4.69) is 72.3 Å². The number of allylic oxidation sites excluding steroid dienone is 1. The largest absolute Gasteiger partial charge is 0.343 e. The van der Waals surface area contributed by atoms with Gasteiger partial charge < -0.3 is 4.57 Å². The number of hydrogen-bond acceptors (Lipinski definition) is 0. The Kier molecular flexibility index (Phi) is 2.16. The highest BCUT2D eigenvalue weighted by molar-refractivity contribution is 5.98. The second-order valence-electron chi connectivity index (χ2n) is 5.10. The molecular formula is C18H15N. The minimum atomic E-state index is 1.01. The summed E-state index contributed by atoms with van der Waals surface area (Å²) in [4.78, 5) is 0. The Hall–Kier alpha value is -2.28. The lowest BCUT2D eigenvalue weighted by molar-refractivity contribution is 0.975. The second-order valence-corrected chi connectivity index (χ2v) is 5.10. The van der Waals surface area contributed by atoms with E-state index in [1.54, 1.807) is 0 Å². The van der Waals surface area contributed by atoms with Gasteiger partial charge in [0.2, 0.25) is 0 Å². The number of nitrogens with zero attached hydrogens (tertiary/aromatic N) is 1. The van der Waals surface area contributed by atoms with Crippen LogP contribution in [0.4, 0.5) is 0 Å². The van der Waals surface area contributed by atoms with Crippen LogP contribution in [0.2, 0.25) is 0 Å². The monoisotopic (exact) mass is 245 g/mol. The summed E-state index contributed by atoms with van der Waals surface area (Å²) in [5.41, 5.74) is 6.76. The van der Waals surface area contributed by atoms with Gasteiger partial charge in [-0.25, -0.2) is 0 Å². The van der Waals surface area contributed by atoms with E-state index < -0.39 is 0 Å². The van der Waals surface area contributed by atoms with Crippen LogP contribution in [0, 0.1) is 0 Å². The van der Waals surface area contributed by atoms with Crippen LogP contribution in [0.3, 0.4) is 0 Å². The lowest BCUT2D eigenvalue weighted by Crippen LogP contribution is -1.94. The molecule has 1 aliphatic carbocycles. The molecule has 1 heteroatoms. The van der Waals surface area contributed by atoms with Gasteiger partial charge in [0.1, 0.15) is 0 Å². The molecule has 0 radical (unpaired) electrons. The first kappa shape index (κ1) is 10.6. The SMILES string of the molecule is Cn1c2c(c3ccccc31)C=CCc1ccccc1-2. The van der Waals surface area contributed by atoms with E-state index in [9.17, 15) is 0 Å². The normalized spacial score (nSPS) is 13.1. The first-order valence-electron chi connectivity index (χ1n) is 6.68. The average Bonchev–Trinajstić information content (AvgIpc) is 2.62. The van der Waals surface area contributed by atoms with Crippen LogP contribution in [-0.4, -0.2) is 4.57 Å². The first-order chi connectivity index (χ1) is 9.36. The van der Waals surface area contributed by atoms with Crippen molar-refractivity contribution in [3.05, 3.63) is 65.7 Å². The van der Waals surface area contributed by atoms with Crippen molar-refractivity contribution in [2.45, 2.75) is 6.42 Å². The number of aromatic nitrogens is 1. The number of benzene rings is 2. The highest BCUT2D eigenvalue weighted by Gasteiger charge is 2.18. The summed E-state index contributed by atoms with van der Waals surface area (Å²) in [6, 6.07) is 17.4. The van der Waals surface area contributed by atoms with Crippen LogP contribution in [-0.2, 0) is 13.5 Å². The van der Waals surface area contributed by atoms with E-state index >= 15 is 0 Å². The van der Waals surface area contributed by atoms with E-state index in [1.807, 2.05) is 0 Å². The molecule has 0 saturated heterocycles. The second kappa shape index (κ2) is 3.86. The number of hydrogen-bond donors (Lipinski definition) is 0. The van der Waals surface area contributed by atoms with E-state index in [0.29, 0.717) is 0 Å². The maximum absolute atomic E-state index is 2.32. The van der Waals surface area contributed by atoms with E-state index in [-0.39, 0.29) is 0 Å². The summed E-state index contributed by atoms with van der Waals surface area (Å²) in [6.07, 6.45) is 5.56. The number of rotatable bonds is 0. The van der Waals surface area contributed by atoms with Gasteiger partial charge in [-0.05, 0) is 18.1 Å². The van der Waals surface area contributed by atoms with Crippen molar-refractivity contribution in [1.82, 2.24) is 4.57 Å².